The highest BCUT2D eigenvalue weighted by Gasteiger charge is 2.36. The van der Waals surface area contributed by atoms with Gasteiger partial charge >= 0.3 is 0 Å². The van der Waals surface area contributed by atoms with Crippen molar-refractivity contribution >= 4 is 12.3 Å². The van der Waals surface area contributed by atoms with E-state index in [9.17, 15) is 14.8 Å². The number of nitrogens with one attached hydrogen (secondary N) is 1. The summed E-state index contributed by atoms with van der Waals surface area (Å²) in [5.41, 5.74) is 0.440. The number of carbonyl (C=O) groups excluding carboxylic acids is 2. The molecule has 0 spiro atoms. The molecule has 0 bridgehead atoms. The van der Waals surface area contributed by atoms with Crippen LogP contribution in [0.5, 0.6) is 0 Å². The Hall–Kier alpha value is -2.74. The van der Waals surface area contributed by atoms with Crippen LogP contribution in [-0.4, -0.2) is 39.3 Å². The first-order chi connectivity index (χ1) is 14.8. The molecule has 8 nitrogen and oxygen atoms in total. The second kappa shape index (κ2) is 10.0. The van der Waals surface area contributed by atoms with Crippen LogP contribution < -0.4 is 5.32 Å². The molecular formula is C23H32N4O4. The standard InChI is InChI=1S/C23H32N4O4/c1-23(2,3)19(22-25-20(26-31-22)17-11-5-4-6-12-17)24-21(29)18(14-27(30)15-28)13-16-9-7-8-10-16/h4-6,11-12,15-16,18-19,30H,7-10,13-14H2,1-3H3,(H,24,29)/t18-,19?/m1/s1. The topological polar surface area (TPSA) is 109 Å². The molecule has 3 rings (SSSR count). The second-order valence-corrected chi connectivity index (χ2v) is 9.44. The van der Waals surface area contributed by atoms with Gasteiger partial charge in [0.2, 0.25) is 24.0 Å². The van der Waals surface area contributed by atoms with Gasteiger partial charge in [-0.15, -0.1) is 0 Å². The zero-order valence-electron chi connectivity index (χ0n) is 18.5. The maximum atomic E-state index is 13.2. The Morgan fingerprint density at radius 3 is 2.58 bits per heavy atom. The lowest BCUT2D eigenvalue weighted by molar-refractivity contribution is -0.155. The quantitative estimate of drug-likeness (QED) is 0.355. The van der Waals surface area contributed by atoms with Crippen molar-refractivity contribution in [1.29, 1.82) is 0 Å². The van der Waals surface area contributed by atoms with Gasteiger partial charge in [0, 0.05) is 5.56 Å². The van der Waals surface area contributed by atoms with Crippen LogP contribution in [0.2, 0.25) is 0 Å². The van der Waals surface area contributed by atoms with E-state index in [0.29, 0.717) is 35.5 Å². The molecule has 1 aliphatic rings. The van der Waals surface area contributed by atoms with Crippen molar-refractivity contribution in [2.45, 2.75) is 58.9 Å². The fourth-order valence-corrected chi connectivity index (χ4v) is 4.15. The molecule has 168 valence electrons. The zero-order valence-corrected chi connectivity index (χ0v) is 18.5. The van der Waals surface area contributed by atoms with Gasteiger partial charge in [0.05, 0.1) is 12.5 Å². The SMILES string of the molecule is CC(C)(C)C(NC(=O)[C@H](CC1CCCC1)CN(O)C=O)c1nc(-c2ccccc2)no1. The van der Waals surface area contributed by atoms with Crippen molar-refractivity contribution in [1.82, 2.24) is 20.5 Å². The van der Waals surface area contributed by atoms with Crippen molar-refractivity contribution < 1.29 is 19.3 Å². The third-order valence-electron chi connectivity index (χ3n) is 5.87. The summed E-state index contributed by atoms with van der Waals surface area (Å²) in [5.74, 6) is 0.475. The first-order valence-electron chi connectivity index (χ1n) is 10.9. The van der Waals surface area contributed by atoms with E-state index >= 15 is 0 Å². The summed E-state index contributed by atoms with van der Waals surface area (Å²) in [6, 6.07) is 8.99. The number of nitrogens with zero attached hydrogens (tertiary/aromatic N) is 3. The van der Waals surface area contributed by atoms with Gasteiger partial charge in [0.1, 0.15) is 6.04 Å². The van der Waals surface area contributed by atoms with Crippen LogP contribution in [-0.2, 0) is 9.59 Å². The minimum atomic E-state index is -0.514. The summed E-state index contributed by atoms with van der Waals surface area (Å²) in [7, 11) is 0. The monoisotopic (exact) mass is 428 g/mol. The molecule has 0 radical (unpaired) electrons. The summed E-state index contributed by atoms with van der Waals surface area (Å²) in [4.78, 5) is 28.7. The van der Waals surface area contributed by atoms with Crippen molar-refractivity contribution in [3.8, 4) is 11.4 Å². The summed E-state index contributed by atoms with van der Waals surface area (Å²) < 4.78 is 5.53. The van der Waals surface area contributed by atoms with E-state index < -0.39 is 17.4 Å². The van der Waals surface area contributed by atoms with Gasteiger partial charge in [0.15, 0.2) is 0 Å². The van der Waals surface area contributed by atoms with Crippen LogP contribution in [0.4, 0.5) is 0 Å². The molecule has 1 saturated carbocycles. The van der Waals surface area contributed by atoms with Gasteiger partial charge in [-0.3, -0.25) is 14.8 Å². The van der Waals surface area contributed by atoms with Crippen LogP contribution in [0.25, 0.3) is 11.4 Å². The molecule has 1 fully saturated rings. The van der Waals surface area contributed by atoms with E-state index in [2.05, 4.69) is 15.5 Å². The molecule has 1 aliphatic carbocycles. The minimum Gasteiger partial charge on any atom is -0.343 e. The maximum absolute atomic E-state index is 13.2. The van der Waals surface area contributed by atoms with Gasteiger partial charge in [-0.1, -0.05) is 81.9 Å². The molecule has 2 atom stereocenters. The third kappa shape index (κ3) is 6.13. The Balaban J connectivity index is 1.79. The van der Waals surface area contributed by atoms with Crippen molar-refractivity contribution in [2.24, 2.45) is 17.3 Å². The highest BCUT2D eigenvalue weighted by molar-refractivity contribution is 5.79. The minimum absolute atomic E-state index is 0.0399. The molecule has 1 unspecified atom stereocenters. The molecule has 2 N–H and O–H groups in total. The number of amides is 2. The maximum Gasteiger partial charge on any atom is 0.250 e. The molecule has 1 heterocycles. The molecule has 0 saturated heterocycles. The third-order valence-corrected chi connectivity index (χ3v) is 5.87. The van der Waals surface area contributed by atoms with E-state index in [4.69, 9.17) is 4.52 Å². The second-order valence-electron chi connectivity index (χ2n) is 9.44. The molecule has 2 aromatic rings. The van der Waals surface area contributed by atoms with E-state index in [0.717, 1.165) is 31.2 Å². The predicted molar refractivity (Wildman–Crippen MR) is 115 cm³/mol. The molecule has 1 aromatic heterocycles. The molecule has 31 heavy (non-hydrogen) atoms. The molecule has 8 heteroatoms. The molecule has 1 aromatic carbocycles. The molecule has 0 aliphatic heterocycles. The smallest absolute Gasteiger partial charge is 0.250 e. The highest BCUT2D eigenvalue weighted by Crippen LogP contribution is 2.35. The Morgan fingerprint density at radius 2 is 1.97 bits per heavy atom. The summed E-state index contributed by atoms with van der Waals surface area (Å²) in [6.07, 6.45) is 5.42. The van der Waals surface area contributed by atoms with Gasteiger partial charge in [0.25, 0.3) is 0 Å². The Kier molecular flexibility index (Phi) is 7.43. The first-order valence-corrected chi connectivity index (χ1v) is 10.9. The van der Waals surface area contributed by atoms with Crippen LogP contribution in [0.1, 0.15) is 64.8 Å². The first kappa shape index (κ1) is 22.9. The van der Waals surface area contributed by atoms with Crippen molar-refractivity contribution in [2.75, 3.05) is 6.54 Å². The van der Waals surface area contributed by atoms with Gasteiger partial charge in [-0.2, -0.15) is 4.98 Å². The summed E-state index contributed by atoms with van der Waals surface area (Å²) in [5, 5.41) is 17.4. The molecular weight excluding hydrogens is 396 g/mol. The van der Waals surface area contributed by atoms with Crippen molar-refractivity contribution in [3.63, 3.8) is 0 Å². The van der Waals surface area contributed by atoms with Crippen LogP contribution in [0.15, 0.2) is 34.9 Å². The number of hydrogen-bond acceptors (Lipinski definition) is 6. The van der Waals surface area contributed by atoms with Crippen molar-refractivity contribution in [3.05, 3.63) is 36.2 Å². The average molecular weight is 429 g/mol. The Morgan fingerprint density at radius 1 is 1.29 bits per heavy atom. The van der Waals surface area contributed by atoms with Gasteiger partial charge < -0.3 is 9.84 Å². The Labute approximate surface area is 183 Å². The van der Waals surface area contributed by atoms with E-state index in [-0.39, 0.29) is 12.5 Å². The lowest BCUT2D eigenvalue weighted by Crippen LogP contribution is -2.43. The number of hydrogen-bond donors (Lipinski definition) is 2. The van der Waals surface area contributed by atoms with E-state index in [1.165, 1.54) is 0 Å². The number of hydroxylamine groups is 2. The number of aromatic nitrogens is 2. The fraction of sp³-hybridized carbons (Fsp3) is 0.565. The number of carbonyl (C=O) groups is 2. The zero-order chi connectivity index (χ0) is 22.4. The van der Waals surface area contributed by atoms with Gasteiger partial charge in [-0.25, -0.2) is 5.06 Å². The van der Waals surface area contributed by atoms with Gasteiger partial charge in [-0.05, 0) is 17.8 Å². The summed E-state index contributed by atoms with van der Waals surface area (Å²) in [6.45, 7) is 5.92. The predicted octanol–water partition coefficient (Wildman–Crippen LogP) is 3.98. The van der Waals surface area contributed by atoms with E-state index in [1.807, 2.05) is 51.1 Å². The normalized spacial score (nSPS) is 16.6. The lowest BCUT2D eigenvalue weighted by Gasteiger charge is -2.31. The number of benzene rings is 1. The fourth-order valence-electron chi connectivity index (χ4n) is 4.15. The van der Waals surface area contributed by atoms with Crippen LogP contribution in [0, 0.1) is 17.3 Å². The average Bonchev–Trinajstić information content (AvgIpc) is 3.43. The number of rotatable bonds is 9. The Bertz CT molecular complexity index is 856. The van der Waals surface area contributed by atoms with E-state index in [1.54, 1.807) is 0 Å². The van der Waals surface area contributed by atoms with Crippen LogP contribution in [0.3, 0.4) is 0 Å². The lowest BCUT2D eigenvalue weighted by atomic mass is 9.85. The summed E-state index contributed by atoms with van der Waals surface area (Å²) >= 11 is 0. The molecule has 2 amide bonds. The highest BCUT2D eigenvalue weighted by atomic mass is 16.5. The van der Waals surface area contributed by atoms with Crippen LogP contribution >= 0.6 is 0 Å². The largest absolute Gasteiger partial charge is 0.343 e.